The molecule has 3 N–H and O–H groups in total. The van der Waals surface area contributed by atoms with Crippen LogP contribution in [0.25, 0.3) is 0 Å². The molecule has 0 spiro atoms. The highest BCUT2D eigenvalue weighted by atomic mass is 19.1. The second-order valence-corrected chi connectivity index (χ2v) is 4.64. The molecule has 0 bridgehead atoms. The number of hydrogen-bond donors (Lipinski definition) is 2. The lowest BCUT2D eigenvalue weighted by atomic mass is 10.1. The number of nitrogen functional groups attached to an aromatic ring is 1. The van der Waals surface area contributed by atoms with E-state index in [-0.39, 0.29) is 11.1 Å². The molecule has 0 aliphatic heterocycles. The highest BCUT2D eigenvalue weighted by molar-refractivity contribution is 6.04. The lowest BCUT2D eigenvalue weighted by Gasteiger charge is -2.09. The van der Waals surface area contributed by atoms with Gasteiger partial charge < -0.3 is 15.6 Å². The van der Waals surface area contributed by atoms with E-state index in [1.54, 1.807) is 0 Å². The van der Waals surface area contributed by atoms with Gasteiger partial charge in [-0.15, -0.1) is 0 Å². The van der Waals surface area contributed by atoms with Crippen LogP contribution in [0.1, 0.15) is 23.7 Å². The maximum Gasteiger partial charge on any atom is 0.258 e. The normalized spacial score (nSPS) is 10.4. The zero-order valence-electron chi connectivity index (χ0n) is 11.6. The van der Waals surface area contributed by atoms with Crippen LogP contribution in [-0.2, 0) is 6.54 Å². The Bertz CT molecular complexity index is 725. The summed E-state index contributed by atoms with van der Waals surface area (Å²) in [5.41, 5.74) is 6.00. The van der Waals surface area contributed by atoms with Crippen molar-refractivity contribution in [3.05, 3.63) is 58.3 Å². The molecule has 6 heteroatoms. The average molecular weight is 289 g/mol. The smallest absolute Gasteiger partial charge is 0.258 e. The maximum absolute atomic E-state index is 13.6. The van der Waals surface area contributed by atoms with Gasteiger partial charge in [0.15, 0.2) is 0 Å². The van der Waals surface area contributed by atoms with Crippen LogP contribution in [0.15, 0.2) is 41.3 Å². The van der Waals surface area contributed by atoms with Crippen molar-refractivity contribution in [1.29, 1.82) is 0 Å². The molecule has 21 heavy (non-hydrogen) atoms. The third-order valence-corrected chi connectivity index (χ3v) is 2.94. The van der Waals surface area contributed by atoms with Crippen molar-refractivity contribution in [1.82, 2.24) is 4.57 Å². The molecule has 2 rings (SSSR count). The molecule has 2 aromatic rings. The van der Waals surface area contributed by atoms with E-state index in [1.807, 2.05) is 6.92 Å². The molecule has 110 valence electrons. The van der Waals surface area contributed by atoms with E-state index in [1.165, 1.54) is 35.0 Å². The molecule has 0 atom stereocenters. The number of carbonyl (C=O) groups is 1. The van der Waals surface area contributed by atoms with E-state index in [0.29, 0.717) is 17.9 Å². The van der Waals surface area contributed by atoms with Gasteiger partial charge in [0.1, 0.15) is 5.82 Å². The van der Waals surface area contributed by atoms with Crippen molar-refractivity contribution in [3.8, 4) is 0 Å². The Morgan fingerprint density at radius 3 is 2.81 bits per heavy atom. The minimum atomic E-state index is -0.649. The van der Waals surface area contributed by atoms with Crippen LogP contribution in [0.5, 0.6) is 0 Å². The number of aryl methyl sites for hydroxylation is 1. The summed E-state index contributed by atoms with van der Waals surface area (Å²) in [5, 5.41) is 2.56. The molecule has 1 aromatic heterocycles. The van der Waals surface area contributed by atoms with E-state index in [0.717, 1.165) is 12.5 Å². The molecular formula is C15H16FN3O2. The zero-order valence-corrected chi connectivity index (χ0v) is 11.6. The Kier molecular flexibility index (Phi) is 4.37. The predicted octanol–water partition coefficient (Wildman–Crippen LogP) is 2.23. The molecule has 0 saturated carbocycles. The van der Waals surface area contributed by atoms with E-state index in [2.05, 4.69) is 5.32 Å². The van der Waals surface area contributed by atoms with Crippen molar-refractivity contribution in [2.75, 3.05) is 11.1 Å². The molecular weight excluding hydrogens is 273 g/mol. The Hall–Kier alpha value is -2.63. The lowest BCUT2D eigenvalue weighted by molar-refractivity contribution is 0.102. The van der Waals surface area contributed by atoms with Crippen molar-refractivity contribution in [3.63, 3.8) is 0 Å². The summed E-state index contributed by atoms with van der Waals surface area (Å²) in [6, 6.07) is 6.64. The maximum atomic E-state index is 13.6. The number of nitrogens with zero attached hydrogens (tertiary/aromatic N) is 1. The number of anilines is 2. The monoisotopic (exact) mass is 289 g/mol. The number of halogens is 1. The predicted molar refractivity (Wildman–Crippen MR) is 79.8 cm³/mol. The molecule has 0 aliphatic carbocycles. The van der Waals surface area contributed by atoms with Crippen LogP contribution in [0, 0.1) is 5.82 Å². The number of aromatic nitrogens is 1. The fraction of sp³-hybridized carbons (Fsp3) is 0.200. The summed E-state index contributed by atoms with van der Waals surface area (Å²) in [6.07, 6.45) is 2.33. The van der Waals surface area contributed by atoms with Crippen molar-refractivity contribution < 1.29 is 9.18 Å². The standard InChI is InChI=1S/C15H16FN3O2/c1-2-7-19-9-11(4-6-14(19)20)18-15(21)12-8-10(17)3-5-13(12)16/h3-6,8-9H,2,7,17H2,1H3,(H,18,21). The molecule has 0 radical (unpaired) electrons. The zero-order chi connectivity index (χ0) is 15.4. The number of carbonyl (C=O) groups excluding carboxylic acids is 1. The Morgan fingerprint density at radius 2 is 2.10 bits per heavy atom. The number of amides is 1. The minimum absolute atomic E-state index is 0.136. The molecule has 0 fully saturated rings. The number of nitrogens with two attached hydrogens (primary N) is 1. The molecule has 5 nitrogen and oxygen atoms in total. The Balaban J connectivity index is 2.25. The second kappa shape index (κ2) is 6.21. The summed E-state index contributed by atoms with van der Waals surface area (Å²) < 4.78 is 15.1. The van der Waals surface area contributed by atoms with Gasteiger partial charge in [-0.2, -0.15) is 0 Å². The van der Waals surface area contributed by atoms with Gasteiger partial charge in [0, 0.05) is 24.5 Å². The topological polar surface area (TPSA) is 77.1 Å². The van der Waals surface area contributed by atoms with Gasteiger partial charge in [-0.05, 0) is 30.7 Å². The van der Waals surface area contributed by atoms with Crippen LogP contribution in [-0.4, -0.2) is 10.5 Å². The van der Waals surface area contributed by atoms with Crippen molar-refractivity contribution >= 4 is 17.3 Å². The highest BCUT2D eigenvalue weighted by Crippen LogP contribution is 2.14. The fourth-order valence-corrected chi connectivity index (χ4v) is 1.94. The van der Waals surface area contributed by atoms with Crippen LogP contribution in [0.4, 0.5) is 15.8 Å². The summed E-state index contributed by atoms with van der Waals surface area (Å²) in [7, 11) is 0. The quantitative estimate of drug-likeness (QED) is 0.847. The van der Waals surface area contributed by atoms with Crippen LogP contribution < -0.4 is 16.6 Å². The average Bonchev–Trinajstić information content (AvgIpc) is 2.45. The Morgan fingerprint density at radius 1 is 1.33 bits per heavy atom. The third kappa shape index (κ3) is 3.47. The first-order valence-corrected chi connectivity index (χ1v) is 6.58. The highest BCUT2D eigenvalue weighted by Gasteiger charge is 2.12. The number of benzene rings is 1. The van der Waals surface area contributed by atoms with Gasteiger partial charge in [-0.3, -0.25) is 9.59 Å². The van der Waals surface area contributed by atoms with E-state index in [4.69, 9.17) is 5.73 Å². The molecule has 1 heterocycles. The van der Waals surface area contributed by atoms with Gasteiger partial charge in [0.2, 0.25) is 0 Å². The summed E-state index contributed by atoms with van der Waals surface area (Å²) in [5.74, 6) is -1.26. The number of rotatable bonds is 4. The van der Waals surface area contributed by atoms with Crippen LogP contribution in [0.2, 0.25) is 0 Å². The number of hydrogen-bond acceptors (Lipinski definition) is 3. The lowest BCUT2D eigenvalue weighted by Crippen LogP contribution is -2.21. The minimum Gasteiger partial charge on any atom is -0.399 e. The van der Waals surface area contributed by atoms with Crippen molar-refractivity contribution in [2.24, 2.45) is 0 Å². The number of pyridine rings is 1. The van der Waals surface area contributed by atoms with Crippen molar-refractivity contribution in [2.45, 2.75) is 19.9 Å². The molecule has 1 aromatic carbocycles. The second-order valence-electron chi connectivity index (χ2n) is 4.64. The van der Waals surface area contributed by atoms with Gasteiger partial charge in [-0.25, -0.2) is 4.39 Å². The first-order valence-electron chi connectivity index (χ1n) is 6.58. The first kappa shape index (κ1) is 14.8. The number of nitrogens with one attached hydrogen (secondary N) is 1. The van der Waals surface area contributed by atoms with E-state index >= 15 is 0 Å². The molecule has 1 amide bonds. The Labute approximate surface area is 121 Å². The van der Waals surface area contributed by atoms with Gasteiger partial charge in [0.05, 0.1) is 11.3 Å². The molecule has 0 aliphatic rings. The fourth-order valence-electron chi connectivity index (χ4n) is 1.94. The van der Waals surface area contributed by atoms with E-state index < -0.39 is 11.7 Å². The van der Waals surface area contributed by atoms with Gasteiger partial charge in [-0.1, -0.05) is 6.92 Å². The first-order chi connectivity index (χ1) is 10.0. The van der Waals surface area contributed by atoms with Crippen LogP contribution in [0.3, 0.4) is 0 Å². The van der Waals surface area contributed by atoms with Crippen LogP contribution >= 0.6 is 0 Å². The summed E-state index contributed by atoms with van der Waals surface area (Å²) in [4.78, 5) is 23.6. The molecule has 0 unspecified atom stereocenters. The third-order valence-electron chi connectivity index (χ3n) is 2.94. The summed E-state index contributed by atoms with van der Waals surface area (Å²) >= 11 is 0. The largest absolute Gasteiger partial charge is 0.399 e. The summed E-state index contributed by atoms with van der Waals surface area (Å²) in [6.45, 7) is 2.50. The molecule has 0 saturated heterocycles. The van der Waals surface area contributed by atoms with Gasteiger partial charge >= 0.3 is 0 Å². The SMILES string of the molecule is CCCn1cc(NC(=O)c2cc(N)ccc2F)ccc1=O. The van der Waals surface area contributed by atoms with E-state index in [9.17, 15) is 14.0 Å². The van der Waals surface area contributed by atoms with Gasteiger partial charge in [0.25, 0.3) is 11.5 Å².